The molecule has 2 atom stereocenters. The van der Waals surface area contributed by atoms with Gasteiger partial charge in [-0.3, -0.25) is 4.79 Å². The van der Waals surface area contributed by atoms with Crippen LogP contribution in [0.25, 0.3) is 0 Å². The molecule has 5 nitrogen and oxygen atoms in total. The van der Waals surface area contributed by atoms with Crippen LogP contribution in [0.2, 0.25) is 5.02 Å². The number of carbonyl (C=O) groups excluding carboxylic acids is 1. The molecule has 2 N–H and O–H groups in total. The van der Waals surface area contributed by atoms with Gasteiger partial charge in [0.1, 0.15) is 6.04 Å². The van der Waals surface area contributed by atoms with E-state index in [2.05, 4.69) is 10.0 Å². The third kappa shape index (κ3) is 6.53. The van der Waals surface area contributed by atoms with E-state index in [4.69, 9.17) is 11.6 Å². The molecule has 0 heterocycles. The summed E-state index contributed by atoms with van der Waals surface area (Å²) in [6.07, 6.45) is 2.30. The number of nitrogens with one attached hydrogen (secondary N) is 2. The number of rotatable bonds is 9. The lowest BCUT2D eigenvalue weighted by molar-refractivity contribution is -0.123. The van der Waals surface area contributed by atoms with Gasteiger partial charge in [-0.25, -0.2) is 8.42 Å². The summed E-state index contributed by atoms with van der Waals surface area (Å²) >= 11 is 7.37. The molecule has 0 spiro atoms. The Morgan fingerprint density at radius 3 is 2.33 bits per heavy atom. The Bertz CT molecular complexity index is 843. The smallest absolute Gasteiger partial charge is 0.241 e. The summed E-state index contributed by atoms with van der Waals surface area (Å²) in [7, 11) is -3.83. The van der Waals surface area contributed by atoms with Crippen LogP contribution in [0.4, 0.5) is 0 Å². The lowest BCUT2D eigenvalue weighted by atomic mass is 10.1. The zero-order valence-corrected chi connectivity index (χ0v) is 17.6. The molecule has 0 aliphatic carbocycles. The maximum absolute atomic E-state index is 12.7. The zero-order valence-electron chi connectivity index (χ0n) is 15.2. The van der Waals surface area contributed by atoms with Crippen LogP contribution in [0.3, 0.4) is 0 Å². The highest BCUT2D eigenvalue weighted by Gasteiger charge is 2.26. The number of halogens is 1. The first-order valence-electron chi connectivity index (χ1n) is 8.45. The van der Waals surface area contributed by atoms with Gasteiger partial charge >= 0.3 is 0 Å². The van der Waals surface area contributed by atoms with Gasteiger partial charge in [0.15, 0.2) is 0 Å². The maximum Gasteiger partial charge on any atom is 0.241 e. The van der Waals surface area contributed by atoms with E-state index in [1.807, 2.05) is 43.5 Å². The van der Waals surface area contributed by atoms with Crippen molar-refractivity contribution in [2.24, 2.45) is 0 Å². The molecule has 2 aromatic carbocycles. The van der Waals surface area contributed by atoms with E-state index < -0.39 is 16.1 Å². The fourth-order valence-electron chi connectivity index (χ4n) is 2.49. The van der Waals surface area contributed by atoms with Crippen LogP contribution in [0.1, 0.15) is 24.9 Å². The number of benzene rings is 2. The van der Waals surface area contributed by atoms with Crippen LogP contribution < -0.4 is 10.0 Å². The van der Waals surface area contributed by atoms with Crippen LogP contribution in [0, 0.1) is 0 Å². The van der Waals surface area contributed by atoms with Gasteiger partial charge in [-0.05, 0) is 55.2 Å². The van der Waals surface area contributed by atoms with Gasteiger partial charge in [0, 0.05) is 5.02 Å². The summed E-state index contributed by atoms with van der Waals surface area (Å²) < 4.78 is 27.8. The molecule has 2 aromatic rings. The Balaban J connectivity index is 2.13. The number of hydrogen-bond acceptors (Lipinski definition) is 4. The molecule has 0 aliphatic rings. The van der Waals surface area contributed by atoms with Crippen LogP contribution >= 0.6 is 23.4 Å². The summed E-state index contributed by atoms with van der Waals surface area (Å²) in [5.41, 5.74) is 0.954. The normalized spacial score (nSPS) is 13.7. The monoisotopic (exact) mass is 426 g/mol. The predicted octanol–water partition coefficient (Wildman–Crippen LogP) is 3.62. The summed E-state index contributed by atoms with van der Waals surface area (Å²) in [5.74, 6) is 0.305. The topological polar surface area (TPSA) is 75.3 Å². The average molecular weight is 427 g/mol. The zero-order chi connectivity index (χ0) is 19.9. The molecule has 0 saturated carbocycles. The minimum atomic E-state index is -3.83. The molecule has 1 amide bonds. The molecule has 0 saturated heterocycles. The SMILES string of the molecule is CSCCC(NS(=O)(=O)c1ccc(Cl)cc1)C(=O)NC(C)c1ccccc1. The molecule has 2 rings (SSSR count). The van der Waals surface area contributed by atoms with Crippen molar-refractivity contribution < 1.29 is 13.2 Å². The highest BCUT2D eigenvalue weighted by molar-refractivity contribution is 7.98. The summed E-state index contributed by atoms with van der Waals surface area (Å²) in [4.78, 5) is 12.8. The van der Waals surface area contributed by atoms with Crippen LogP contribution in [0.15, 0.2) is 59.5 Å². The maximum atomic E-state index is 12.7. The lowest BCUT2D eigenvalue weighted by Gasteiger charge is -2.21. The standard InChI is InChI=1S/C19H23ClN2O3S2/c1-14(15-6-4-3-5-7-15)21-19(23)18(12-13-26-2)22-27(24,25)17-10-8-16(20)9-11-17/h3-11,14,18,22H,12-13H2,1-2H3,(H,21,23). The Morgan fingerprint density at radius 1 is 1.11 bits per heavy atom. The minimum Gasteiger partial charge on any atom is -0.348 e. The third-order valence-corrected chi connectivity index (χ3v) is 6.39. The molecule has 0 radical (unpaired) electrons. The molecule has 2 unspecified atom stereocenters. The second-order valence-electron chi connectivity index (χ2n) is 6.05. The van der Waals surface area contributed by atoms with E-state index in [0.29, 0.717) is 17.2 Å². The van der Waals surface area contributed by atoms with Crippen molar-refractivity contribution in [2.75, 3.05) is 12.0 Å². The molecule has 0 aromatic heterocycles. The molecule has 146 valence electrons. The van der Waals surface area contributed by atoms with E-state index >= 15 is 0 Å². The molecular weight excluding hydrogens is 404 g/mol. The first-order chi connectivity index (χ1) is 12.8. The predicted molar refractivity (Wildman–Crippen MR) is 112 cm³/mol. The highest BCUT2D eigenvalue weighted by Crippen LogP contribution is 2.16. The van der Waals surface area contributed by atoms with Crippen molar-refractivity contribution in [1.82, 2.24) is 10.0 Å². The molecular formula is C19H23ClN2O3S2. The highest BCUT2D eigenvalue weighted by atomic mass is 35.5. The molecule has 0 bridgehead atoms. The number of amides is 1. The van der Waals surface area contributed by atoms with Gasteiger partial charge in [-0.2, -0.15) is 16.5 Å². The van der Waals surface area contributed by atoms with Crippen LogP contribution in [0.5, 0.6) is 0 Å². The van der Waals surface area contributed by atoms with Crippen molar-refractivity contribution >= 4 is 39.3 Å². The number of carbonyl (C=O) groups is 1. The molecule has 8 heteroatoms. The fourth-order valence-corrected chi connectivity index (χ4v) is 4.31. The third-order valence-electron chi connectivity index (χ3n) is 4.01. The fraction of sp³-hybridized carbons (Fsp3) is 0.316. The number of thioether (sulfide) groups is 1. The van der Waals surface area contributed by atoms with Gasteiger partial charge in [-0.15, -0.1) is 0 Å². The second kappa shape index (κ2) is 10.1. The Labute approximate surface area is 169 Å². The second-order valence-corrected chi connectivity index (χ2v) is 9.19. The van der Waals surface area contributed by atoms with Gasteiger partial charge in [-0.1, -0.05) is 41.9 Å². The van der Waals surface area contributed by atoms with Gasteiger partial charge in [0.05, 0.1) is 10.9 Å². The van der Waals surface area contributed by atoms with Crippen molar-refractivity contribution in [3.63, 3.8) is 0 Å². The first-order valence-corrected chi connectivity index (χ1v) is 11.7. The Morgan fingerprint density at radius 2 is 1.74 bits per heavy atom. The summed E-state index contributed by atoms with van der Waals surface area (Å²) in [6, 6.07) is 14.3. The molecule has 0 aliphatic heterocycles. The number of hydrogen-bond donors (Lipinski definition) is 2. The van der Waals surface area contributed by atoms with Crippen LogP contribution in [-0.2, 0) is 14.8 Å². The Hall–Kier alpha value is -1.54. The average Bonchev–Trinajstić information content (AvgIpc) is 2.66. The van der Waals surface area contributed by atoms with E-state index in [9.17, 15) is 13.2 Å². The van der Waals surface area contributed by atoms with E-state index in [1.54, 1.807) is 11.8 Å². The van der Waals surface area contributed by atoms with Gasteiger partial charge in [0.25, 0.3) is 0 Å². The summed E-state index contributed by atoms with van der Waals surface area (Å²) in [6.45, 7) is 1.87. The quantitative estimate of drug-likeness (QED) is 0.642. The van der Waals surface area contributed by atoms with Crippen molar-refractivity contribution in [1.29, 1.82) is 0 Å². The Kier molecular flexibility index (Phi) is 8.16. The van der Waals surface area contributed by atoms with Gasteiger partial charge < -0.3 is 5.32 Å². The van der Waals surface area contributed by atoms with E-state index in [-0.39, 0.29) is 16.8 Å². The minimum absolute atomic E-state index is 0.0740. The molecule has 0 fully saturated rings. The largest absolute Gasteiger partial charge is 0.348 e. The lowest BCUT2D eigenvalue weighted by Crippen LogP contribution is -2.47. The molecule has 27 heavy (non-hydrogen) atoms. The van der Waals surface area contributed by atoms with Crippen molar-refractivity contribution in [3.8, 4) is 0 Å². The van der Waals surface area contributed by atoms with E-state index in [0.717, 1.165) is 5.56 Å². The van der Waals surface area contributed by atoms with Gasteiger partial charge in [0.2, 0.25) is 15.9 Å². The van der Waals surface area contributed by atoms with Crippen molar-refractivity contribution in [2.45, 2.75) is 30.3 Å². The number of sulfonamides is 1. The summed E-state index contributed by atoms with van der Waals surface area (Å²) in [5, 5.41) is 3.34. The first kappa shape index (κ1) is 21.8. The van der Waals surface area contributed by atoms with Crippen LogP contribution in [-0.4, -0.2) is 32.4 Å². The van der Waals surface area contributed by atoms with Crippen molar-refractivity contribution in [3.05, 3.63) is 65.2 Å². The van der Waals surface area contributed by atoms with E-state index in [1.165, 1.54) is 24.3 Å².